The number of fused-ring (bicyclic) bond motifs is 2. The van der Waals surface area contributed by atoms with Crippen molar-refractivity contribution in [3.8, 4) is 11.5 Å². The van der Waals surface area contributed by atoms with Gasteiger partial charge in [-0.1, -0.05) is 65.5 Å². The zero-order valence-corrected chi connectivity index (χ0v) is 17.9. The second-order valence-electron chi connectivity index (χ2n) is 6.44. The van der Waals surface area contributed by atoms with Gasteiger partial charge in [0, 0.05) is 20.4 Å². The molecule has 0 unspecified atom stereocenters. The predicted octanol–water partition coefficient (Wildman–Crippen LogP) is 6.31. The Morgan fingerprint density at radius 1 is 0.967 bits per heavy atom. The maximum Gasteiger partial charge on any atom is 0.277 e. The van der Waals surface area contributed by atoms with Gasteiger partial charge in [0.25, 0.3) is 5.22 Å². The summed E-state index contributed by atoms with van der Waals surface area (Å²) in [4.78, 5) is 17.0. The van der Waals surface area contributed by atoms with Gasteiger partial charge < -0.3 is 4.42 Å². The fourth-order valence-electron chi connectivity index (χ4n) is 3.15. The maximum atomic E-state index is 13.2. The molecule has 5 nitrogen and oxygen atoms in total. The lowest BCUT2D eigenvalue weighted by Gasteiger charge is -2.31. The van der Waals surface area contributed by atoms with Crippen LogP contribution in [-0.2, 0) is 4.79 Å². The first kappa shape index (κ1) is 19.2. The van der Waals surface area contributed by atoms with Crippen molar-refractivity contribution in [1.82, 2.24) is 10.2 Å². The number of para-hydroxylation sites is 1. The molecule has 2 heterocycles. The second-order valence-corrected chi connectivity index (χ2v) is 8.89. The summed E-state index contributed by atoms with van der Waals surface area (Å²) in [5.41, 5.74) is 2.47. The molecule has 0 radical (unpaired) electrons. The molecule has 0 atom stereocenters. The fourth-order valence-corrected chi connectivity index (χ4v) is 4.97. The van der Waals surface area contributed by atoms with Crippen LogP contribution in [0.25, 0.3) is 11.5 Å². The van der Waals surface area contributed by atoms with Crippen LogP contribution in [0, 0.1) is 0 Å². The van der Waals surface area contributed by atoms with Crippen LogP contribution in [0.2, 0.25) is 5.02 Å². The molecule has 0 saturated heterocycles. The first-order valence-corrected chi connectivity index (χ1v) is 11.3. The predicted molar refractivity (Wildman–Crippen MR) is 120 cm³/mol. The highest BCUT2D eigenvalue weighted by Crippen LogP contribution is 2.49. The Morgan fingerprint density at radius 2 is 1.73 bits per heavy atom. The molecule has 148 valence electrons. The molecule has 0 fully saturated rings. The van der Waals surface area contributed by atoms with Gasteiger partial charge in [-0.3, -0.25) is 9.69 Å². The largest absolute Gasteiger partial charge is 0.411 e. The lowest BCUT2D eigenvalue weighted by atomic mass is 10.2. The van der Waals surface area contributed by atoms with Gasteiger partial charge in [-0.25, -0.2) is 0 Å². The lowest BCUT2D eigenvalue weighted by Crippen LogP contribution is -2.30. The molecule has 0 spiro atoms. The Kier molecular flexibility index (Phi) is 5.25. The highest BCUT2D eigenvalue weighted by atomic mass is 35.5. The van der Waals surface area contributed by atoms with Gasteiger partial charge in [0.2, 0.25) is 11.8 Å². The maximum absolute atomic E-state index is 13.2. The minimum Gasteiger partial charge on any atom is -0.411 e. The van der Waals surface area contributed by atoms with Crippen LogP contribution in [0.3, 0.4) is 0 Å². The number of carbonyl (C=O) groups is 1. The van der Waals surface area contributed by atoms with Crippen LogP contribution >= 0.6 is 35.1 Å². The van der Waals surface area contributed by atoms with Gasteiger partial charge in [0.05, 0.1) is 17.1 Å². The Labute approximate surface area is 186 Å². The monoisotopic (exact) mass is 451 g/mol. The van der Waals surface area contributed by atoms with E-state index in [-0.39, 0.29) is 11.7 Å². The third-order valence-electron chi connectivity index (χ3n) is 4.48. The number of carbonyl (C=O) groups excluding carboxylic acids is 1. The number of hydrogen-bond donors (Lipinski definition) is 0. The van der Waals surface area contributed by atoms with Crippen LogP contribution in [0.1, 0.15) is 0 Å². The molecule has 1 aliphatic heterocycles. The smallest absolute Gasteiger partial charge is 0.277 e. The van der Waals surface area contributed by atoms with Crippen molar-refractivity contribution in [3.05, 3.63) is 77.8 Å². The average Bonchev–Trinajstić information content (AvgIpc) is 3.26. The van der Waals surface area contributed by atoms with E-state index < -0.39 is 0 Å². The highest BCUT2D eigenvalue weighted by molar-refractivity contribution is 8.00. The molecule has 0 N–H and O–H groups in total. The molecular weight excluding hydrogens is 438 g/mol. The van der Waals surface area contributed by atoms with Crippen molar-refractivity contribution in [2.75, 3.05) is 10.7 Å². The number of aromatic nitrogens is 2. The summed E-state index contributed by atoms with van der Waals surface area (Å²) in [5.74, 6) is 0.500. The van der Waals surface area contributed by atoms with Gasteiger partial charge in [-0.15, -0.1) is 10.2 Å². The van der Waals surface area contributed by atoms with E-state index in [4.69, 9.17) is 16.0 Å². The van der Waals surface area contributed by atoms with Crippen molar-refractivity contribution < 1.29 is 9.21 Å². The second kappa shape index (κ2) is 8.18. The van der Waals surface area contributed by atoms with Crippen LogP contribution in [0.4, 0.5) is 11.4 Å². The molecular formula is C22H14ClN3O2S2. The number of amides is 1. The van der Waals surface area contributed by atoms with Crippen molar-refractivity contribution in [3.63, 3.8) is 0 Å². The molecule has 0 aliphatic carbocycles. The minimum atomic E-state index is -0.0873. The van der Waals surface area contributed by atoms with Crippen molar-refractivity contribution in [1.29, 1.82) is 0 Å². The summed E-state index contributed by atoms with van der Waals surface area (Å²) in [6.07, 6.45) is 0. The van der Waals surface area contributed by atoms with E-state index in [9.17, 15) is 4.79 Å². The van der Waals surface area contributed by atoms with Gasteiger partial charge in [-0.05, 0) is 42.5 Å². The molecule has 1 amide bonds. The SMILES string of the molecule is O=C(CSc1nnc(-c2ccccc2)o1)N1c2ccccc2Sc2ccc(Cl)cc21. The topological polar surface area (TPSA) is 59.2 Å². The lowest BCUT2D eigenvalue weighted by molar-refractivity contribution is -0.115. The van der Waals surface area contributed by atoms with E-state index in [1.54, 1.807) is 16.7 Å². The first-order valence-electron chi connectivity index (χ1n) is 9.10. The summed E-state index contributed by atoms with van der Waals surface area (Å²) in [6.45, 7) is 0. The summed E-state index contributed by atoms with van der Waals surface area (Å²) in [5, 5.41) is 9.08. The van der Waals surface area contributed by atoms with Crippen LogP contribution in [0.15, 0.2) is 92.2 Å². The van der Waals surface area contributed by atoms with E-state index >= 15 is 0 Å². The van der Waals surface area contributed by atoms with Gasteiger partial charge >= 0.3 is 0 Å². The number of benzene rings is 3. The molecule has 5 rings (SSSR count). The van der Waals surface area contributed by atoms with Crippen LogP contribution < -0.4 is 4.90 Å². The van der Waals surface area contributed by atoms with Crippen LogP contribution in [0.5, 0.6) is 0 Å². The van der Waals surface area contributed by atoms with Gasteiger partial charge in [-0.2, -0.15) is 0 Å². The Balaban J connectivity index is 1.39. The normalized spacial score (nSPS) is 12.4. The Bertz CT molecular complexity index is 1230. The summed E-state index contributed by atoms with van der Waals surface area (Å²) in [6, 6.07) is 23.0. The molecule has 4 aromatic rings. The summed E-state index contributed by atoms with van der Waals surface area (Å²) >= 11 is 9.07. The number of halogens is 1. The number of thioether (sulfide) groups is 1. The van der Waals surface area contributed by atoms with E-state index in [0.717, 1.165) is 26.7 Å². The van der Waals surface area contributed by atoms with Gasteiger partial charge in [0.15, 0.2) is 0 Å². The third-order valence-corrected chi connectivity index (χ3v) is 6.65. The van der Waals surface area contributed by atoms with Crippen LogP contribution in [-0.4, -0.2) is 21.9 Å². The van der Waals surface area contributed by atoms with Gasteiger partial charge in [0.1, 0.15) is 0 Å². The van der Waals surface area contributed by atoms with Crippen molar-refractivity contribution >= 4 is 52.4 Å². The summed E-state index contributed by atoms with van der Waals surface area (Å²) < 4.78 is 5.71. The molecule has 1 aliphatic rings. The highest BCUT2D eigenvalue weighted by Gasteiger charge is 2.28. The average molecular weight is 452 g/mol. The van der Waals surface area contributed by atoms with E-state index in [2.05, 4.69) is 10.2 Å². The van der Waals surface area contributed by atoms with E-state index in [0.29, 0.717) is 16.1 Å². The van der Waals surface area contributed by atoms with E-state index in [1.165, 1.54) is 11.8 Å². The third kappa shape index (κ3) is 3.71. The fraction of sp³-hybridized carbons (Fsp3) is 0.0455. The molecule has 3 aromatic carbocycles. The Morgan fingerprint density at radius 3 is 2.60 bits per heavy atom. The Hall–Kier alpha value is -2.74. The number of nitrogens with zero attached hydrogens (tertiary/aromatic N) is 3. The number of hydrogen-bond acceptors (Lipinski definition) is 6. The number of anilines is 2. The first-order chi connectivity index (χ1) is 14.7. The molecule has 0 saturated carbocycles. The quantitative estimate of drug-likeness (QED) is 0.339. The zero-order chi connectivity index (χ0) is 20.5. The minimum absolute atomic E-state index is 0.0873. The zero-order valence-electron chi connectivity index (χ0n) is 15.5. The molecule has 1 aromatic heterocycles. The molecule has 30 heavy (non-hydrogen) atoms. The summed E-state index contributed by atoms with van der Waals surface area (Å²) in [7, 11) is 0. The van der Waals surface area contributed by atoms with E-state index in [1.807, 2.05) is 72.8 Å². The standard InChI is InChI=1S/C22H14ClN3O2S2/c23-15-10-11-19-17(12-15)26(16-8-4-5-9-18(16)30-19)20(27)13-29-22-25-24-21(28-22)14-6-2-1-3-7-14/h1-12H,13H2. The number of rotatable bonds is 4. The molecule has 0 bridgehead atoms. The van der Waals surface area contributed by atoms with Crippen molar-refractivity contribution in [2.45, 2.75) is 15.0 Å². The van der Waals surface area contributed by atoms with Crippen molar-refractivity contribution in [2.24, 2.45) is 0 Å². The molecule has 8 heteroatoms.